The van der Waals surface area contributed by atoms with Crippen LogP contribution in [0.3, 0.4) is 0 Å². The lowest BCUT2D eigenvalue weighted by atomic mass is 10.1. The van der Waals surface area contributed by atoms with Gasteiger partial charge in [0.05, 0.1) is 5.52 Å². The molecule has 0 aliphatic rings. The van der Waals surface area contributed by atoms with Crippen molar-refractivity contribution in [2.24, 2.45) is 0 Å². The second-order valence-electron chi connectivity index (χ2n) is 7.65. The minimum absolute atomic E-state index is 0.0348. The van der Waals surface area contributed by atoms with Crippen LogP contribution >= 0.6 is 11.8 Å². The van der Waals surface area contributed by atoms with E-state index in [1.54, 1.807) is 17.8 Å². The Labute approximate surface area is 185 Å². The van der Waals surface area contributed by atoms with Crippen molar-refractivity contribution in [3.05, 3.63) is 80.9 Å². The molecule has 2 heterocycles. The minimum atomic E-state index is 0.0348. The van der Waals surface area contributed by atoms with Crippen LogP contribution in [0.15, 0.2) is 52.4 Å². The Balaban J connectivity index is 1.50. The number of benzene rings is 2. The third-order valence-corrected chi connectivity index (χ3v) is 6.31. The number of aryl methyl sites for hydroxylation is 3. The molecular weight excluding hydrogens is 408 g/mol. The summed E-state index contributed by atoms with van der Waals surface area (Å²) in [6.45, 7) is 9.26. The Kier molecular flexibility index (Phi) is 6.13. The highest BCUT2D eigenvalue weighted by Gasteiger charge is 2.14. The van der Waals surface area contributed by atoms with Crippen molar-refractivity contribution in [2.75, 3.05) is 0 Å². The predicted molar refractivity (Wildman–Crippen MR) is 125 cm³/mol. The molecule has 0 fully saturated rings. The van der Waals surface area contributed by atoms with E-state index < -0.39 is 0 Å². The first-order valence-corrected chi connectivity index (χ1v) is 11.3. The van der Waals surface area contributed by atoms with E-state index in [-0.39, 0.29) is 5.43 Å². The highest BCUT2D eigenvalue weighted by molar-refractivity contribution is 7.98. The maximum Gasteiger partial charge on any atom is 0.191 e. The smallest absolute Gasteiger partial charge is 0.191 e. The lowest BCUT2D eigenvalue weighted by Crippen LogP contribution is -2.08. The average Bonchev–Trinajstić information content (AvgIpc) is 3.15. The lowest BCUT2D eigenvalue weighted by molar-refractivity contribution is 0.286. The quantitative estimate of drug-likeness (QED) is 0.417. The molecule has 7 heteroatoms. The molecule has 4 rings (SSSR count). The first-order chi connectivity index (χ1) is 15.0. The highest BCUT2D eigenvalue weighted by Crippen LogP contribution is 2.24. The second kappa shape index (κ2) is 8.98. The standard InChI is InChI=1S/C24H26N4O2S/c1-5-28-22(13-30-21-11-15(2)9-10-16(21)3)26-27-24(28)31-14-18-12-20(29)19-8-6-7-17(4)23(19)25-18/h6-12H,5,13-14H2,1-4H3,(H,25,29). The molecular formula is C24H26N4O2S. The number of pyridine rings is 1. The van der Waals surface area contributed by atoms with Crippen molar-refractivity contribution < 1.29 is 4.74 Å². The van der Waals surface area contributed by atoms with Crippen molar-refractivity contribution in [1.29, 1.82) is 0 Å². The Bertz CT molecular complexity index is 1290. The Morgan fingerprint density at radius 1 is 1.06 bits per heavy atom. The molecule has 6 nitrogen and oxygen atoms in total. The van der Waals surface area contributed by atoms with Gasteiger partial charge in [0, 0.05) is 29.4 Å². The van der Waals surface area contributed by atoms with Crippen LogP contribution in [0, 0.1) is 20.8 Å². The molecule has 0 aliphatic heterocycles. The molecule has 0 atom stereocenters. The Hall–Kier alpha value is -3.06. The zero-order valence-electron chi connectivity index (χ0n) is 18.2. The summed E-state index contributed by atoms with van der Waals surface area (Å²) in [5.41, 5.74) is 5.12. The molecule has 2 aromatic heterocycles. The number of ether oxygens (including phenoxy) is 1. The van der Waals surface area contributed by atoms with Crippen LogP contribution < -0.4 is 10.2 Å². The number of nitrogens with zero attached hydrogens (tertiary/aromatic N) is 3. The van der Waals surface area contributed by atoms with E-state index in [9.17, 15) is 4.79 Å². The van der Waals surface area contributed by atoms with Crippen LogP contribution in [-0.4, -0.2) is 19.7 Å². The van der Waals surface area contributed by atoms with Crippen LogP contribution in [0.5, 0.6) is 5.75 Å². The lowest BCUT2D eigenvalue weighted by Gasteiger charge is -2.11. The molecule has 0 amide bonds. The summed E-state index contributed by atoms with van der Waals surface area (Å²) in [5.74, 6) is 2.26. The second-order valence-corrected chi connectivity index (χ2v) is 8.59. The molecule has 2 aromatic carbocycles. The third-order valence-electron chi connectivity index (χ3n) is 5.30. The molecule has 0 unspecified atom stereocenters. The van der Waals surface area contributed by atoms with Gasteiger partial charge in [-0.2, -0.15) is 0 Å². The van der Waals surface area contributed by atoms with Crippen LogP contribution in [0.25, 0.3) is 10.9 Å². The van der Waals surface area contributed by atoms with Gasteiger partial charge in [-0.3, -0.25) is 4.79 Å². The average molecular weight is 435 g/mol. The monoisotopic (exact) mass is 434 g/mol. The molecule has 0 bridgehead atoms. The molecule has 4 aromatic rings. The molecule has 160 valence electrons. The fourth-order valence-corrected chi connectivity index (χ4v) is 4.48. The van der Waals surface area contributed by atoms with Crippen molar-refractivity contribution in [3.63, 3.8) is 0 Å². The summed E-state index contributed by atoms with van der Waals surface area (Å²) in [6.07, 6.45) is 0. The zero-order valence-corrected chi connectivity index (χ0v) is 19.0. The van der Waals surface area contributed by atoms with Crippen LogP contribution in [-0.2, 0) is 18.9 Å². The minimum Gasteiger partial charge on any atom is -0.485 e. The maximum atomic E-state index is 12.5. The number of aromatic nitrogens is 4. The number of aromatic amines is 1. The number of fused-ring (bicyclic) bond motifs is 1. The summed E-state index contributed by atoms with van der Waals surface area (Å²) in [6, 6.07) is 13.6. The van der Waals surface area contributed by atoms with Crippen molar-refractivity contribution in [1.82, 2.24) is 19.7 Å². The molecule has 0 saturated heterocycles. The van der Waals surface area contributed by atoms with Gasteiger partial charge in [0.15, 0.2) is 16.4 Å². The van der Waals surface area contributed by atoms with E-state index in [0.717, 1.165) is 56.6 Å². The number of para-hydroxylation sites is 1. The fraction of sp³-hybridized carbons (Fsp3) is 0.292. The molecule has 0 spiro atoms. The molecule has 31 heavy (non-hydrogen) atoms. The number of nitrogens with one attached hydrogen (secondary N) is 1. The largest absolute Gasteiger partial charge is 0.485 e. The predicted octanol–water partition coefficient (Wildman–Crippen LogP) is 4.94. The van der Waals surface area contributed by atoms with Crippen molar-refractivity contribution >= 4 is 22.7 Å². The first-order valence-electron chi connectivity index (χ1n) is 10.3. The van der Waals surface area contributed by atoms with Gasteiger partial charge in [-0.25, -0.2) is 0 Å². The van der Waals surface area contributed by atoms with E-state index >= 15 is 0 Å². The number of hydrogen-bond acceptors (Lipinski definition) is 5. The summed E-state index contributed by atoms with van der Waals surface area (Å²) in [7, 11) is 0. The third kappa shape index (κ3) is 4.51. The highest BCUT2D eigenvalue weighted by atomic mass is 32.2. The van der Waals surface area contributed by atoms with Gasteiger partial charge >= 0.3 is 0 Å². The van der Waals surface area contributed by atoms with Gasteiger partial charge in [0.1, 0.15) is 12.4 Å². The molecule has 0 aliphatic carbocycles. The van der Waals surface area contributed by atoms with Gasteiger partial charge < -0.3 is 14.3 Å². The van der Waals surface area contributed by atoms with Gasteiger partial charge in [-0.05, 0) is 56.5 Å². The van der Waals surface area contributed by atoms with E-state index in [1.807, 2.05) is 45.0 Å². The van der Waals surface area contributed by atoms with Gasteiger partial charge in [0.2, 0.25) is 0 Å². The van der Waals surface area contributed by atoms with E-state index in [4.69, 9.17) is 4.74 Å². The SMILES string of the molecule is CCn1c(COc2cc(C)ccc2C)nnc1SCc1cc(=O)c2cccc(C)c2[nH]1. The Morgan fingerprint density at radius 2 is 1.90 bits per heavy atom. The van der Waals surface area contributed by atoms with Crippen LogP contribution in [0.1, 0.15) is 35.1 Å². The number of rotatable bonds is 7. The fourth-order valence-electron chi connectivity index (χ4n) is 3.55. The topological polar surface area (TPSA) is 72.8 Å². The van der Waals surface area contributed by atoms with Crippen LogP contribution in [0.4, 0.5) is 0 Å². The summed E-state index contributed by atoms with van der Waals surface area (Å²) in [5, 5.41) is 10.2. The molecule has 1 N–H and O–H groups in total. The summed E-state index contributed by atoms with van der Waals surface area (Å²) in [4.78, 5) is 15.9. The first kappa shape index (κ1) is 21.2. The van der Waals surface area contributed by atoms with E-state index in [0.29, 0.717) is 12.4 Å². The number of hydrogen-bond donors (Lipinski definition) is 1. The van der Waals surface area contributed by atoms with E-state index in [2.05, 4.69) is 38.8 Å². The number of thioether (sulfide) groups is 1. The van der Waals surface area contributed by atoms with Crippen molar-refractivity contribution in [3.8, 4) is 5.75 Å². The molecule has 0 radical (unpaired) electrons. The maximum absolute atomic E-state index is 12.5. The summed E-state index contributed by atoms with van der Waals surface area (Å²) < 4.78 is 8.08. The van der Waals surface area contributed by atoms with Gasteiger partial charge in [-0.1, -0.05) is 36.0 Å². The Morgan fingerprint density at radius 3 is 2.71 bits per heavy atom. The summed E-state index contributed by atoms with van der Waals surface area (Å²) >= 11 is 1.56. The van der Waals surface area contributed by atoms with Gasteiger partial charge in [0.25, 0.3) is 0 Å². The van der Waals surface area contributed by atoms with E-state index in [1.165, 1.54) is 0 Å². The van der Waals surface area contributed by atoms with Gasteiger partial charge in [-0.15, -0.1) is 10.2 Å². The van der Waals surface area contributed by atoms with Crippen LogP contribution in [0.2, 0.25) is 0 Å². The normalized spacial score (nSPS) is 11.2. The number of H-pyrrole nitrogens is 1. The molecule has 0 saturated carbocycles. The van der Waals surface area contributed by atoms with Crippen molar-refractivity contribution in [2.45, 2.75) is 51.8 Å². The zero-order chi connectivity index (χ0) is 22.0.